The molecule has 0 aliphatic carbocycles. The van der Waals surface area contributed by atoms with Crippen LogP contribution in [-0.4, -0.2) is 74.6 Å². The van der Waals surface area contributed by atoms with Gasteiger partial charge < -0.3 is 40.1 Å². The van der Waals surface area contributed by atoms with Crippen molar-refractivity contribution in [3.63, 3.8) is 0 Å². The van der Waals surface area contributed by atoms with E-state index in [-0.39, 0.29) is 11.5 Å². The molecule has 148 valence electrons. The Morgan fingerprint density at radius 2 is 1.65 bits per heavy atom. The Labute approximate surface area is 152 Å². The summed E-state index contributed by atoms with van der Waals surface area (Å²) in [7, 11) is 0. The van der Waals surface area contributed by atoms with Gasteiger partial charge in [-0.1, -0.05) is 18.9 Å². The lowest BCUT2D eigenvalue weighted by atomic mass is 9.99. The number of ether oxygens (including phenoxy) is 2. The lowest BCUT2D eigenvalue weighted by Crippen LogP contribution is -2.59. The van der Waals surface area contributed by atoms with Gasteiger partial charge in [-0.05, 0) is 30.9 Å². The van der Waals surface area contributed by atoms with Crippen molar-refractivity contribution in [3.8, 4) is 11.5 Å². The second kappa shape index (κ2) is 10.1. The minimum absolute atomic E-state index is 0.0385. The molecule has 1 aliphatic heterocycles. The monoisotopic (exact) mass is 372 g/mol. The third-order valence-electron chi connectivity index (χ3n) is 4.54. The molecule has 0 aromatic heterocycles. The third-order valence-corrected chi connectivity index (χ3v) is 4.54. The van der Waals surface area contributed by atoms with Crippen LogP contribution in [0.3, 0.4) is 0 Å². The number of aryl methyl sites for hydroxylation is 1. The molecule has 6 N–H and O–H groups in total. The molecule has 26 heavy (non-hydrogen) atoms. The number of unbranched alkanes of at least 4 members (excludes halogenated alkanes) is 3. The maximum Gasteiger partial charge on any atom is 0.186 e. The molecular formula is C18H28O8. The average molecular weight is 372 g/mol. The quantitative estimate of drug-likeness (QED) is 0.333. The van der Waals surface area contributed by atoms with Crippen molar-refractivity contribution in [1.29, 1.82) is 0 Å². The summed E-state index contributed by atoms with van der Waals surface area (Å²) in [5.41, 5.74) is 0.792. The van der Waals surface area contributed by atoms with Crippen molar-refractivity contribution in [2.45, 2.75) is 62.8 Å². The Hall–Kier alpha value is -1.42. The number of aliphatic hydroxyl groups is 4. The molecule has 0 amide bonds. The smallest absolute Gasteiger partial charge is 0.186 e. The fourth-order valence-electron chi connectivity index (χ4n) is 2.94. The first kappa shape index (κ1) is 20.9. The predicted octanol–water partition coefficient (Wildman–Crippen LogP) is 0.0172. The van der Waals surface area contributed by atoms with E-state index in [1.807, 2.05) is 0 Å². The zero-order chi connectivity index (χ0) is 19.1. The van der Waals surface area contributed by atoms with Crippen molar-refractivity contribution in [1.82, 2.24) is 0 Å². The van der Waals surface area contributed by atoms with E-state index < -0.39 is 37.3 Å². The largest absolute Gasteiger partial charge is 0.508 e. The maximum atomic E-state index is 9.85. The van der Waals surface area contributed by atoms with E-state index in [1.54, 1.807) is 12.1 Å². The second-order valence-corrected chi connectivity index (χ2v) is 6.55. The Morgan fingerprint density at radius 3 is 2.35 bits per heavy atom. The minimum atomic E-state index is -1.43. The number of rotatable bonds is 9. The number of hydrogen-bond donors (Lipinski definition) is 6. The van der Waals surface area contributed by atoms with E-state index in [4.69, 9.17) is 14.6 Å². The summed E-state index contributed by atoms with van der Waals surface area (Å²) in [5.74, 6) is 0.132. The molecule has 8 heteroatoms. The van der Waals surface area contributed by atoms with Crippen LogP contribution >= 0.6 is 0 Å². The Balaban J connectivity index is 1.61. The lowest BCUT2D eigenvalue weighted by molar-refractivity contribution is -0.301. The van der Waals surface area contributed by atoms with Crippen LogP contribution in [0, 0.1) is 0 Å². The first-order valence-electron chi connectivity index (χ1n) is 8.87. The number of phenols is 2. The molecule has 1 aliphatic rings. The molecule has 8 nitrogen and oxygen atoms in total. The zero-order valence-corrected chi connectivity index (χ0v) is 14.6. The van der Waals surface area contributed by atoms with Crippen LogP contribution in [0.2, 0.25) is 0 Å². The van der Waals surface area contributed by atoms with Crippen LogP contribution in [0.4, 0.5) is 0 Å². The van der Waals surface area contributed by atoms with Crippen LogP contribution in [0.15, 0.2) is 18.2 Å². The molecular weight excluding hydrogens is 344 g/mol. The molecule has 5 atom stereocenters. The summed E-state index contributed by atoms with van der Waals surface area (Å²) >= 11 is 0. The van der Waals surface area contributed by atoms with Gasteiger partial charge in [-0.2, -0.15) is 0 Å². The number of aromatic hydroxyl groups is 2. The second-order valence-electron chi connectivity index (χ2n) is 6.55. The summed E-state index contributed by atoms with van der Waals surface area (Å²) in [4.78, 5) is 0. The van der Waals surface area contributed by atoms with Crippen LogP contribution in [0.5, 0.6) is 11.5 Å². The van der Waals surface area contributed by atoms with E-state index in [1.165, 1.54) is 6.07 Å². The van der Waals surface area contributed by atoms with Gasteiger partial charge in [-0.3, -0.25) is 0 Å². The Kier molecular flexibility index (Phi) is 8.08. The average Bonchev–Trinajstić information content (AvgIpc) is 2.62. The van der Waals surface area contributed by atoms with Crippen molar-refractivity contribution in [2.24, 2.45) is 0 Å². The minimum Gasteiger partial charge on any atom is -0.508 e. The number of benzene rings is 1. The van der Waals surface area contributed by atoms with Crippen molar-refractivity contribution < 1.29 is 40.1 Å². The summed E-state index contributed by atoms with van der Waals surface area (Å²) in [6.45, 7) is -0.165. The van der Waals surface area contributed by atoms with Gasteiger partial charge in [-0.15, -0.1) is 0 Å². The normalized spacial score (nSPS) is 29.0. The van der Waals surface area contributed by atoms with Crippen LogP contribution in [0.25, 0.3) is 0 Å². The van der Waals surface area contributed by atoms with Gasteiger partial charge in [0, 0.05) is 12.7 Å². The highest BCUT2D eigenvalue weighted by atomic mass is 16.7. The van der Waals surface area contributed by atoms with Gasteiger partial charge in [0.1, 0.15) is 35.9 Å². The van der Waals surface area contributed by atoms with Gasteiger partial charge in [0.05, 0.1) is 6.61 Å². The summed E-state index contributed by atoms with van der Waals surface area (Å²) in [6.07, 6.45) is -2.14. The van der Waals surface area contributed by atoms with Crippen LogP contribution in [-0.2, 0) is 15.9 Å². The molecule has 1 aromatic carbocycles. The highest BCUT2D eigenvalue weighted by molar-refractivity contribution is 5.38. The van der Waals surface area contributed by atoms with Crippen molar-refractivity contribution >= 4 is 0 Å². The van der Waals surface area contributed by atoms with E-state index in [0.29, 0.717) is 13.0 Å². The molecule has 0 spiro atoms. The Bertz CT molecular complexity index is 550. The molecule has 0 unspecified atom stereocenters. The van der Waals surface area contributed by atoms with Gasteiger partial charge in [0.2, 0.25) is 0 Å². The van der Waals surface area contributed by atoms with E-state index in [9.17, 15) is 25.5 Å². The fraction of sp³-hybridized carbons (Fsp3) is 0.667. The highest BCUT2D eigenvalue weighted by Gasteiger charge is 2.43. The highest BCUT2D eigenvalue weighted by Crippen LogP contribution is 2.24. The summed E-state index contributed by atoms with van der Waals surface area (Å²) in [5, 5.41) is 57.3. The standard InChI is InChI=1S/C18H28O8/c19-10-14-15(22)16(23)17(24)18(26-14)25-8-4-2-1-3-5-11-6-7-12(20)9-13(11)21/h6-7,9,14-24H,1-5,8,10H2/t14-,15-,16+,17-,18-/m1/s1. The number of aliphatic hydroxyl groups excluding tert-OH is 4. The van der Waals surface area contributed by atoms with Gasteiger partial charge in [0.25, 0.3) is 0 Å². The first-order chi connectivity index (χ1) is 12.4. The molecule has 0 bridgehead atoms. The lowest BCUT2D eigenvalue weighted by Gasteiger charge is -2.39. The first-order valence-corrected chi connectivity index (χ1v) is 8.87. The molecule has 0 radical (unpaired) electrons. The molecule has 1 aromatic rings. The number of phenolic OH excluding ortho intramolecular Hbond substituents is 2. The third kappa shape index (κ3) is 5.54. The molecule has 1 fully saturated rings. The van der Waals surface area contributed by atoms with E-state index in [0.717, 1.165) is 31.2 Å². The maximum absolute atomic E-state index is 9.85. The van der Waals surface area contributed by atoms with E-state index in [2.05, 4.69) is 0 Å². The molecule has 1 heterocycles. The predicted molar refractivity (Wildman–Crippen MR) is 91.7 cm³/mol. The Morgan fingerprint density at radius 1 is 0.923 bits per heavy atom. The van der Waals surface area contributed by atoms with Crippen molar-refractivity contribution in [3.05, 3.63) is 23.8 Å². The van der Waals surface area contributed by atoms with E-state index >= 15 is 0 Å². The summed E-state index contributed by atoms with van der Waals surface area (Å²) < 4.78 is 10.7. The van der Waals surface area contributed by atoms with Gasteiger partial charge >= 0.3 is 0 Å². The van der Waals surface area contributed by atoms with Crippen LogP contribution < -0.4 is 0 Å². The number of hydrogen-bond acceptors (Lipinski definition) is 8. The fourth-order valence-corrected chi connectivity index (χ4v) is 2.94. The van der Waals surface area contributed by atoms with Crippen molar-refractivity contribution in [2.75, 3.05) is 13.2 Å². The topological polar surface area (TPSA) is 140 Å². The molecule has 1 saturated heterocycles. The van der Waals surface area contributed by atoms with Gasteiger partial charge in [-0.25, -0.2) is 0 Å². The SMILES string of the molecule is OC[C@H]1O[C@@H](OCCCCCCc2ccc(O)cc2O)[C@H](O)[C@@H](O)[C@@H]1O. The molecule has 0 saturated carbocycles. The zero-order valence-electron chi connectivity index (χ0n) is 14.6. The van der Waals surface area contributed by atoms with Gasteiger partial charge in [0.15, 0.2) is 6.29 Å². The van der Waals surface area contributed by atoms with Crippen LogP contribution in [0.1, 0.15) is 31.2 Å². The summed E-state index contributed by atoms with van der Waals surface area (Å²) in [6, 6.07) is 4.57. The molecule has 2 rings (SSSR count).